The molecule has 0 heterocycles. The lowest BCUT2D eigenvalue weighted by atomic mass is 9.86. The summed E-state index contributed by atoms with van der Waals surface area (Å²) >= 11 is 0. The Morgan fingerprint density at radius 1 is 1.27 bits per heavy atom. The van der Waals surface area contributed by atoms with Crippen LogP contribution in [0.3, 0.4) is 0 Å². The smallest absolute Gasteiger partial charge is 0.126 e. The molecule has 0 aromatic rings. The quantitative estimate of drug-likeness (QED) is 0.564. The highest BCUT2D eigenvalue weighted by Gasteiger charge is 2.54. The summed E-state index contributed by atoms with van der Waals surface area (Å²) in [5.41, 5.74) is 0.0942. The zero-order chi connectivity index (χ0) is 7.95. The monoisotopic (exact) mass is 154 g/mol. The molecule has 2 heteroatoms. The summed E-state index contributed by atoms with van der Waals surface area (Å²) in [6.07, 6.45) is 6.39. The second kappa shape index (κ2) is 2.07. The molecule has 2 fully saturated rings. The molecule has 0 saturated heterocycles. The van der Waals surface area contributed by atoms with Gasteiger partial charge >= 0.3 is 0 Å². The van der Waals surface area contributed by atoms with Crippen molar-refractivity contribution >= 4 is 6.29 Å². The van der Waals surface area contributed by atoms with Crippen LogP contribution in [0.1, 0.15) is 32.1 Å². The van der Waals surface area contributed by atoms with Gasteiger partial charge in [-0.3, -0.25) is 0 Å². The average Bonchev–Trinajstić information content (AvgIpc) is 2.61. The Labute approximate surface area is 66.9 Å². The van der Waals surface area contributed by atoms with Crippen molar-refractivity contribution in [3.05, 3.63) is 0 Å². The Bertz CT molecular complexity index is 178. The van der Waals surface area contributed by atoms with Crippen LogP contribution in [0.4, 0.5) is 0 Å². The standard InChI is InChI=1S/C9H14O2/c1-11-9-4-2-8(6-9,7-10)3-5-9/h7H,2-6H2,1H3. The third-order valence-corrected chi connectivity index (χ3v) is 3.51. The van der Waals surface area contributed by atoms with Crippen LogP contribution in [0, 0.1) is 5.41 Å². The van der Waals surface area contributed by atoms with Gasteiger partial charge in [-0.05, 0) is 32.1 Å². The molecule has 0 spiro atoms. The zero-order valence-electron chi connectivity index (χ0n) is 6.93. The van der Waals surface area contributed by atoms with E-state index in [0.29, 0.717) is 0 Å². The van der Waals surface area contributed by atoms with Crippen LogP contribution >= 0.6 is 0 Å². The maximum Gasteiger partial charge on any atom is 0.126 e. The van der Waals surface area contributed by atoms with Gasteiger partial charge in [-0.15, -0.1) is 0 Å². The van der Waals surface area contributed by atoms with Crippen molar-refractivity contribution in [3.63, 3.8) is 0 Å². The van der Waals surface area contributed by atoms with Crippen LogP contribution in [0.15, 0.2) is 0 Å². The fourth-order valence-corrected chi connectivity index (χ4v) is 2.63. The van der Waals surface area contributed by atoms with Gasteiger partial charge in [-0.1, -0.05) is 0 Å². The number of carbonyl (C=O) groups is 1. The normalized spacial score (nSPS) is 48.1. The van der Waals surface area contributed by atoms with Gasteiger partial charge in [0.15, 0.2) is 0 Å². The van der Waals surface area contributed by atoms with Gasteiger partial charge in [0.2, 0.25) is 0 Å². The number of ether oxygens (including phenoxy) is 1. The average molecular weight is 154 g/mol. The summed E-state index contributed by atoms with van der Waals surface area (Å²) in [4.78, 5) is 10.8. The SMILES string of the molecule is COC12CCC(C=O)(CC1)C2. The van der Waals surface area contributed by atoms with Crippen molar-refractivity contribution < 1.29 is 9.53 Å². The lowest BCUT2D eigenvalue weighted by molar-refractivity contribution is -0.115. The number of hydrogen-bond acceptors (Lipinski definition) is 2. The van der Waals surface area contributed by atoms with E-state index in [1.54, 1.807) is 7.11 Å². The fourth-order valence-electron chi connectivity index (χ4n) is 2.63. The van der Waals surface area contributed by atoms with Crippen molar-refractivity contribution in [2.75, 3.05) is 7.11 Å². The van der Waals surface area contributed by atoms with Crippen LogP contribution in [-0.2, 0) is 9.53 Å². The van der Waals surface area contributed by atoms with Crippen LogP contribution < -0.4 is 0 Å². The van der Waals surface area contributed by atoms with Gasteiger partial charge in [-0.2, -0.15) is 0 Å². The van der Waals surface area contributed by atoms with Crippen molar-refractivity contribution in [1.29, 1.82) is 0 Å². The van der Waals surface area contributed by atoms with Gasteiger partial charge < -0.3 is 9.53 Å². The first-order chi connectivity index (χ1) is 5.24. The topological polar surface area (TPSA) is 26.3 Å². The molecule has 11 heavy (non-hydrogen) atoms. The summed E-state index contributed by atoms with van der Waals surface area (Å²) in [7, 11) is 1.77. The minimum Gasteiger partial charge on any atom is -0.378 e. The molecule has 2 rings (SSSR count). The molecular weight excluding hydrogens is 140 g/mol. The van der Waals surface area contributed by atoms with Gasteiger partial charge in [0.05, 0.1) is 5.60 Å². The van der Waals surface area contributed by atoms with Crippen molar-refractivity contribution in [2.45, 2.75) is 37.7 Å². The van der Waals surface area contributed by atoms with E-state index >= 15 is 0 Å². The Hall–Kier alpha value is -0.370. The minimum atomic E-state index is 0.00993. The van der Waals surface area contributed by atoms with Crippen LogP contribution in [0.5, 0.6) is 0 Å². The van der Waals surface area contributed by atoms with Gasteiger partial charge in [-0.25, -0.2) is 0 Å². The van der Waals surface area contributed by atoms with E-state index < -0.39 is 0 Å². The number of aldehydes is 1. The maximum atomic E-state index is 10.8. The zero-order valence-corrected chi connectivity index (χ0v) is 6.93. The number of hydrogen-bond donors (Lipinski definition) is 0. The first kappa shape index (κ1) is 7.29. The van der Waals surface area contributed by atoms with Gasteiger partial charge in [0.25, 0.3) is 0 Å². The number of methoxy groups -OCH3 is 1. The first-order valence-electron chi connectivity index (χ1n) is 4.26. The third-order valence-electron chi connectivity index (χ3n) is 3.51. The maximum absolute atomic E-state index is 10.8. The minimum absolute atomic E-state index is 0.00993. The van der Waals surface area contributed by atoms with E-state index in [4.69, 9.17) is 4.74 Å². The van der Waals surface area contributed by atoms with Crippen LogP contribution in [-0.4, -0.2) is 19.0 Å². The number of rotatable bonds is 2. The van der Waals surface area contributed by atoms with E-state index in [1.165, 1.54) is 0 Å². The van der Waals surface area contributed by atoms with E-state index in [1.807, 2.05) is 0 Å². The van der Waals surface area contributed by atoms with Gasteiger partial charge in [0.1, 0.15) is 6.29 Å². The highest BCUT2D eigenvalue weighted by atomic mass is 16.5. The van der Waals surface area contributed by atoms with Crippen molar-refractivity contribution in [1.82, 2.24) is 0 Å². The second-order valence-electron chi connectivity index (χ2n) is 4.04. The lowest BCUT2D eigenvalue weighted by Gasteiger charge is -2.24. The van der Waals surface area contributed by atoms with E-state index in [0.717, 1.165) is 38.4 Å². The first-order valence-corrected chi connectivity index (χ1v) is 4.26. The number of carbonyl (C=O) groups excluding carboxylic acids is 1. The Morgan fingerprint density at radius 2 is 1.91 bits per heavy atom. The largest absolute Gasteiger partial charge is 0.378 e. The molecule has 0 aliphatic heterocycles. The second-order valence-corrected chi connectivity index (χ2v) is 4.04. The fraction of sp³-hybridized carbons (Fsp3) is 0.889. The van der Waals surface area contributed by atoms with Crippen molar-refractivity contribution in [3.8, 4) is 0 Å². The van der Waals surface area contributed by atoms with E-state index in [9.17, 15) is 4.79 Å². The summed E-state index contributed by atoms with van der Waals surface area (Å²) in [6, 6.07) is 0. The molecule has 62 valence electrons. The predicted octanol–water partition coefficient (Wildman–Crippen LogP) is 1.53. The third kappa shape index (κ3) is 0.853. The lowest BCUT2D eigenvalue weighted by Crippen LogP contribution is -2.24. The molecule has 2 nitrogen and oxygen atoms in total. The molecule has 0 N–H and O–H groups in total. The molecule has 0 atom stereocenters. The molecule has 2 saturated carbocycles. The Balaban J connectivity index is 2.21. The van der Waals surface area contributed by atoms with E-state index in [-0.39, 0.29) is 11.0 Å². The highest BCUT2D eigenvalue weighted by molar-refractivity contribution is 5.61. The molecule has 0 radical (unpaired) electrons. The molecule has 0 amide bonds. The molecule has 2 bridgehead atoms. The molecule has 2 aliphatic carbocycles. The summed E-state index contributed by atoms with van der Waals surface area (Å²) in [6.45, 7) is 0. The summed E-state index contributed by atoms with van der Waals surface area (Å²) in [5.74, 6) is 0. The predicted molar refractivity (Wildman–Crippen MR) is 41.3 cm³/mol. The molecular formula is C9H14O2. The Kier molecular flexibility index (Phi) is 1.37. The van der Waals surface area contributed by atoms with Crippen molar-refractivity contribution in [2.24, 2.45) is 5.41 Å². The summed E-state index contributed by atoms with van der Waals surface area (Å²) < 4.78 is 5.46. The molecule has 2 aliphatic rings. The molecule has 0 aromatic heterocycles. The van der Waals surface area contributed by atoms with Gasteiger partial charge in [0, 0.05) is 12.5 Å². The molecule has 0 unspecified atom stereocenters. The summed E-state index contributed by atoms with van der Waals surface area (Å²) in [5, 5.41) is 0. The Morgan fingerprint density at radius 3 is 2.18 bits per heavy atom. The van der Waals surface area contributed by atoms with Crippen LogP contribution in [0.2, 0.25) is 0 Å². The molecule has 0 aromatic carbocycles. The van der Waals surface area contributed by atoms with Crippen LogP contribution in [0.25, 0.3) is 0 Å². The number of fused-ring (bicyclic) bond motifs is 2. The van der Waals surface area contributed by atoms with E-state index in [2.05, 4.69) is 0 Å². The highest BCUT2D eigenvalue weighted by Crippen LogP contribution is 2.56.